The van der Waals surface area contributed by atoms with Crippen LogP contribution in [0.25, 0.3) is 10.9 Å². The molecule has 2 aliphatic rings. The summed E-state index contributed by atoms with van der Waals surface area (Å²) in [6.07, 6.45) is 9.03. The average molecular weight is 562 g/mol. The van der Waals surface area contributed by atoms with Gasteiger partial charge in [0.1, 0.15) is 24.2 Å². The summed E-state index contributed by atoms with van der Waals surface area (Å²) in [6.45, 7) is 11.5. The lowest BCUT2D eigenvalue weighted by Crippen LogP contribution is -2.37. The van der Waals surface area contributed by atoms with Crippen molar-refractivity contribution >= 4 is 35.1 Å². The molecule has 1 saturated heterocycles. The quantitative estimate of drug-likeness (QED) is 0.237. The molecule has 5 rings (SSSR count). The van der Waals surface area contributed by atoms with Gasteiger partial charge in [-0.1, -0.05) is 30.2 Å². The van der Waals surface area contributed by atoms with E-state index in [0.717, 1.165) is 12.7 Å². The molecule has 0 unspecified atom stereocenters. The molecule has 1 aliphatic heterocycles. The van der Waals surface area contributed by atoms with Gasteiger partial charge < -0.3 is 14.8 Å². The molecule has 1 fully saturated rings. The molecule has 4 heterocycles. The molecule has 3 aromatic rings. The summed E-state index contributed by atoms with van der Waals surface area (Å²) in [5, 5.41) is 8.42. The zero-order valence-corrected chi connectivity index (χ0v) is 23.6. The number of pyridine rings is 1. The zero-order valence-electron chi connectivity index (χ0n) is 22.7. The van der Waals surface area contributed by atoms with Gasteiger partial charge in [0.25, 0.3) is 5.92 Å². The van der Waals surface area contributed by atoms with E-state index in [-0.39, 0.29) is 11.1 Å². The van der Waals surface area contributed by atoms with Crippen LogP contribution in [0.4, 0.5) is 20.4 Å². The van der Waals surface area contributed by atoms with E-state index in [1.54, 1.807) is 36.0 Å². The van der Waals surface area contributed by atoms with Crippen molar-refractivity contribution in [2.24, 2.45) is 7.05 Å². The smallest absolute Gasteiger partial charge is 0.278 e. The molecule has 0 amide bonds. The van der Waals surface area contributed by atoms with Crippen molar-refractivity contribution in [3.05, 3.63) is 89.9 Å². The molecule has 0 aromatic carbocycles. The molecule has 8 nitrogen and oxygen atoms in total. The van der Waals surface area contributed by atoms with E-state index in [4.69, 9.17) is 0 Å². The number of anilines is 2. The Labute approximate surface area is 231 Å². The number of aryl methyl sites for hydroxylation is 2. The maximum absolute atomic E-state index is 14.3. The molecule has 11 heteroatoms. The second-order valence-electron chi connectivity index (χ2n) is 9.96. The fourth-order valence-corrected chi connectivity index (χ4v) is 7.44. The predicted octanol–water partition coefficient (Wildman–Crippen LogP) is 4.93. The lowest BCUT2D eigenvalue weighted by molar-refractivity contribution is 0.0665. The number of allylic oxidation sites excluding steroid dienone is 3. The van der Waals surface area contributed by atoms with Gasteiger partial charge in [-0.2, -0.15) is 5.10 Å². The minimum Gasteiger partial charge on any atom is -0.359 e. The van der Waals surface area contributed by atoms with Crippen molar-refractivity contribution in [3.8, 4) is 0 Å². The number of nitrogens with one attached hydrogen (secondary N) is 1. The Bertz CT molecular complexity index is 1690. The minimum absolute atomic E-state index is 0.255. The molecule has 40 heavy (non-hydrogen) atoms. The van der Waals surface area contributed by atoms with Crippen LogP contribution in [0, 0.1) is 6.92 Å². The number of fused-ring (bicyclic) bond motifs is 1. The molecule has 206 valence electrons. The lowest BCUT2D eigenvalue weighted by Gasteiger charge is -2.32. The molecule has 3 aromatic heterocycles. The first-order chi connectivity index (χ1) is 19.0. The average Bonchev–Trinajstić information content (AvgIpc) is 3.36. The van der Waals surface area contributed by atoms with Crippen molar-refractivity contribution in [1.82, 2.24) is 24.7 Å². The Kier molecular flexibility index (Phi) is 7.19. The third-order valence-electron chi connectivity index (χ3n) is 7.09. The summed E-state index contributed by atoms with van der Waals surface area (Å²) in [5.74, 6) is -1.30. The van der Waals surface area contributed by atoms with Crippen LogP contribution in [-0.4, -0.2) is 62.1 Å². The van der Waals surface area contributed by atoms with Crippen LogP contribution < -0.4 is 15.7 Å². The third kappa shape index (κ3) is 5.22. The summed E-state index contributed by atoms with van der Waals surface area (Å²) in [6, 6.07) is 3.13. The fourth-order valence-electron chi connectivity index (χ4n) is 5.00. The molecule has 0 saturated carbocycles. The van der Waals surface area contributed by atoms with E-state index in [2.05, 4.69) is 54.9 Å². The maximum atomic E-state index is 14.3. The Morgan fingerprint density at radius 3 is 2.62 bits per heavy atom. The highest BCUT2D eigenvalue weighted by molar-refractivity contribution is 7.71. The van der Waals surface area contributed by atoms with Crippen molar-refractivity contribution in [1.29, 1.82) is 0 Å². The molecule has 1 aliphatic carbocycles. The highest BCUT2D eigenvalue weighted by Gasteiger charge is 2.34. The standard InChI is InChI=1S/C29H30F2N7OP/c1-6-20-21(9-8-10-23(20)29(4,30)31)24(7-2)35-28-22-17-27(32-18-25(22)33-19(3)34-28)40(39)15-13-38(14-16-40)26-11-12-37(5)36-26/h6-7,9,11-12,17-18,24H,1-2,13-16H2,3-5H3,(H,33,34,35)/t24-/m1/s1. The van der Waals surface area contributed by atoms with Crippen LogP contribution in [0.15, 0.2) is 84.1 Å². The molecular weight excluding hydrogens is 531 g/mol. The molecule has 1 atom stereocenters. The van der Waals surface area contributed by atoms with Gasteiger partial charge in [0.05, 0.1) is 23.3 Å². The SMILES string of the molecule is C=CC1=C([C@@H](C=C)Nc2nc(C)nc3cnc(P4(=O)CCN(c5ccn(C)n5)CC4)cc23)C=C=C=C1C(C)(F)F. The van der Waals surface area contributed by atoms with Gasteiger partial charge in [-0.15, -0.1) is 6.58 Å². The second kappa shape index (κ2) is 10.5. The minimum atomic E-state index is -3.13. The van der Waals surface area contributed by atoms with E-state index in [1.807, 2.05) is 19.3 Å². The number of aromatic nitrogens is 5. The van der Waals surface area contributed by atoms with Gasteiger partial charge >= 0.3 is 0 Å². The van der Waals surface area contributed by atoms with E-state index < -0.39 is 19.1 Å². The van der Waals surface area contributed by atoms with Gasteiger partial charge in [0.2, 0.25) is 0 Å². The summed E-state index contributed by atoms with van der Waals surface area (Å²) in [4.78, 5) is 15.8. The summed E-state index contributed by atoms with van der Waals surface area (Å²) in [5.41, 5.74) is 6.81. The summed E-state index contributed by atoms with van der Waals surface area (Å²) >= 11 is 0. The van der Waals surface area contributed by atoms with Crippen molar-refractivity contribution < 1.29 is 13.3 Å². The third-order valence-corrected chi connectivity index (χ3v) is 10.0. The van der Waals surface area contributed by atoms with Crippen LogP contribution in [-0.2, 0) is 11.6 Å². The highest BCUT2D eigenvalue weighted by Crippen LogP contribution is 2.46. The first kappa shape index (κ1) is 27.5. The second-order valence-corrected chi connectivity index (χ2v) is 13.1. The van der Waals surface area contributed by atoms with Crippen LogP contribution >= 0.6 is 7.14 Å². The van der Waals surface area contributed by atoms with E-state index in [0.29, 0.717) is 59.0 Å². The van der Waals surface area contributed by atoms with Gasteiger partial charge in [-0.05, 0) is 30.2 Å². The number of rotatable bonds is 8. The van der Waals surface area contributed by atoms with Gasteiger partial charge in [0, 0.05) is 57.0 Å². The fraction of sp³-hybridized carbons (Fsp3) is 0.310. The van der Waals surface area contributed by atoms with E-state index in [9.17, 15) is 13.3 Å². The van der Waals surface area contributed by atoms with Gasteiger partial charge in [0.15, 0.2) is 5.82 Å². The predicted molar refractivity (Wildman–Crippen MR) is 155 cm³/mol. The Balaban J connectivity index is 1.48. The van der Waals surface area contributed by atoms with Crippen LogP contribution in [0.3, 0.4) is 0 Å². The van der Waals surface area contributed by atoms with Crippen molar-refractivity contribution in [3.63, 3.8) is 0 Å². The van der Waals surface area contributed by atoms with Crippen LogP contribution in [0.5, 0.6) is 0 Å². The van der Waals surface area contributed by atoms with E-state index >= 15 is 0 Å². The number of halogens is 2. The lowest BCUT2D eigenvalue weighted by atomic mass is 9.90. The topological polar surface area (TPSA) is 88.8 Å². The zero-order chi connectivity index (χ0) is 28.7. The van der Waals surface area contributed by atoms with Crippen LogP contribution in [0.1, 0.15) is 12.7 Å². The van der Waals surface area contributed by atoms with Gasteiger partial charge in [-0.3, -0.25) is 9.67 Å². The first-order valence-electron chi connectivity index (χ1n) is 12.9. The normalized spacial score (nSPS) is 17.6. The Hall–Kier alpha value is -4.09. The molecule has 0 bridgehead atoms. The highest BCUT2D eigenvalue weighted by atomic mass is 31.2. The van der Waals surface area contributed by atoms with Crippen molar-refractivity contribution in [2.75, 3.05) is 35.6 Å². The van der Waals surface area contributed by atoms with Gasteiger partial charge in [-0.25, -0.2) is 18.7 Å². The van der Waals surface area contributed by atoms with Crippen LogP contribution in [0.2, 0.25) is 0 Å². The molecule has 1 N–H and O–H groups in total. The maximum Gasteiger partial charge on any atom is 0.278 e. The molecule has 0 spiro atoms. The number of hydrogen-bond acceptors (Lipinski definition) is 7. The summed E-state index contributed by atoms with van der Waals surface area (Å²) in [7, 11) is -0.917. The number of alkyl halides is 2. The molecule has 0 radical (unpaired) electrons. The van der Waals surface area contributed by atoms with Crippen molar-refractivity contribution in [2.45, 2.75) is 25.8 Å². The molecular formula is C29H30F2N7OP. The van der Waals surface area contributed by atoms with E-state index in [1.165, 1.54) is 6.08 Å². The number of nitrogens with zero attached hydrogens (tertiary/aromatic N) is 6. The number of hydrogen-bond donors (Lipinski definition) is 1. The monoisotopic (exact) mass is 561 g/mol. The summed E-state index contributed by atoms with van der Waals surface area (Å²) < 4.78 is 44.4. The largest absolute Gasteiger partial charge is 0.359 e. The Morgan fingerprint density at radius 2 is 2.00 bits per heavy atom. The first-order valence-corrected chi connectivity index (χ1v) is 14.9. The Morgan fingerprint density at radius 1 is 1.25 bits per heavy atom.